The van der Waals surface area contributed by atoms with Crippen LogP contribution in [0.2, 0.25) is 0 Å². The fraction of sp³-hybridized carbons (Fsp3) is 0.250. The van der Waals surface area contributed by atoms with Crippen molar-refractivity contribution in [3.63, 3.8) is 0 Å². The predicted octanol–water partition coefficient (Wildman–Crippen LogP) is 0.946. The van der Waals surface area contributed by atoms with Gasteiger partial charge in [-0.05, 0) is 18.2 Å². The number of aliphatic carboxylic acids is 2. The number of hydrogen-bond acceptors (Lipinski definition) is 4. The summed E-state index contributed by atoms with van der Waals surface area (Å²) in [6.45, 7) is -3.07. The van der Waals surface area contributed by atoms with Crippen molar-refractivity contribution in [2.75, 3.05) is 0 Å². The second-order valence-corrected chi connectivity index (χ2v) is 3.87. The van der Waals surface area contributed by atoms with E-state index in [1.165, 1.54) is 18.2 Å². The first kappa shape index (κ1) is 16.3. The molecule has 0 bridgehead atoms. The van der Waals surface area contributed by atoms with Crippen molar-refractivity contribution in [1.29, 1.82) is 0 Å². The van der Waals surface area contributed by atoms with Crippen LogP contribution in [0.3, 0.4) is 0 Å². The number of carboxylic acids is 2. The summed E-state index contributed by atoms with van der Waals surface area (Å²) in [5.74, 6) is -4.12. The summed E-state index contributed by atoms with van der Waals surface area (Å²) in [5, 5.41) is 19.3. The fourth-order valence-electron chi connectivity index (χ4n) is 1.43. The monoisotopic (exact) mass is 303 g/mol. The van der Waals surface area contributed by atoms with E-state index >= 15 is 0 Å². The number of benzene rings is 1. The van der Waals surface area contributed by atoms with Gasteiger partial charge in [0, 0.05) is 5.56 Å². The molecule has 0 aliphatic carbocycles. The number of halogens is 2. The van der Waals surface area contributed by atoms with E-state index in [0.717, 1.165) is 6.07 Å². The number of nitrogens with one attached hydrogen (secondary N) is 1. The van der Waals surface area contributed by atoms with Gasteiger partial charge < -0.3 is 20.3 Å². The lowest BCUT2D eigenvalue weighted by Gasteiger charge is -2.13. The molecule has 1 aromatic rings. The van der Waals surface area contributed by atoms with E-state index in [0.29, 0.717) is 0 Å². The van der Waals surface area contributed by atoms with Crippen molar-refractivity contribution >= 4 is 17.8 Å². The van der Waals surface area contributed by atoms with Gasteiger partial charge in [0.1, 0.15) is 11.8 Å². The Hall–Kier alpha value is -2.71. The largest absolute Gasteiger partial charge is 0.481 e. The number of carbonyl (C=O) groups is 3. The summed E-state index contributed by atoms with van der Waals surface area (Å²) in [6, 6.07) is 3.05. The van der Waals surface area contributed by atoms with E-state index in [-0.39, 0.29) is 11.3 Å². The molecule has 0 unspecified atom stereocenters. The minimum Gasteiger partial charge on any atom is -0.481 e. The SMILES string of the molecule is O=C(O)C[C@H](NC(=O)c1cccc(OC(F)F)c1)C(=O)O. The average Bonchev–Trinajstić information content (AvgIpc) is 2.36. The maximum atomic E-state index is 12.0. The maximum Gasteiger partial charge on any atom is 0.387 e. The van der Waals surface area contributed by atoms with Gasteiger partial charge in [0.25, 0.3) is 5.91 Å². The molecule has 0 radical (unpaired) electrons. The highest BCUT2D eigenvalue weighted by atomic mass is 19.3. The van der Waals surface area contributed by atoms with Gasteiger partial charge in [-0.25, -0.2) is 4.79 Å². The van der Waals surface area contributed by atoms with E-state index < -0.39 is 36.9 Å². The van der Waals surface area contributed by atoms with Gasteiger partial charge in [0.05, 0.1) is 6.42 Å². The van der Waals surface area contributed by atoms with E-state index in [1.807, 2.05) is 5.32 Å². The van der Waals surface area contributed by atoms with Crippen LogP contribution in [-0.4, -0.2) is 40.7 Å². The van der Waals surface area contributed by atoms with Gasteiger partial charge in [-0.15, -0.1) is 0 Å². The zero-order chi connectivity index (χ0) is 16.0. The summed E-state index contributed by atoms with van der Waals surface area (Å²) < 4.78 is 28.2. The summed E-state index contributed by atoms with van der Waals surface area (Å²) in [4.78, 5) is 33.1. The zero-order valence-electron chi connectivity index (χ0n) is 10.5. The molecule has 9 heteroatoms. The molecule has 3 N–H and O–H groups in total. The molecule has 0 aliphatic rings. The van der Waals surface area contributed by atoms with Crippen molar-refractivity contribution in [3.05, 3.63) is 29.8 Å². The quantitative estimate of drug-likeness (QED) is 0.691. The van der Waals surface area contributed by atoms with Crippen molar-refractivity contribution in [2.24, 2.45) is 0 Å². The summed E-state index contributed by atoms with van der Waals surface area (Å²) in [7, 11) is 0. The van der Waals surface area contributed by atoms with E-state index in [1.54, 1.807) is 0 Å². The highest BCUT2D eigenvalue weighted by Gasteiger charge is 2.23. The molecule has 1 atom stereocenters. The van der Waals surface area contributed by atoms with E-state index in [4.69, 9.17) is 10.2 Å². The minimum absolute atomic E-state index is 0.134. The molecular weight excluding hydrogens is 292 g/mol. The Balaban J connectivity index is 2.82. The van der Waals surface area contributed by atoms with Crippen LogP contribution < -0.4 is 10.1 Å². The number of carboxylic acid groups (broad SMARTS) is 2. The number of alkyl halides is 2. The molecule has 7 nitrogen and oxygen atoms in total. The molecule has 21 heavy (non-hydrogen) atoms. The number of hydrogen-bond donors (Lipinski definition) is 3. The van der Waals surface area contributed by atoms with Crippen LogP contribution in [0.5, 0.6) is 5.75 Å². The fourth-order valence-corrected chi connectivity index (χ4v) is 1.43. The zero-order valence-corrected chi connectivity index (χ0v) is 10.5. The molecule has 114 valence electrons. The van der Waals surface area contributed by atoms with Gasteiger partial charge in [-0.3, -0.25) is 9.59 Å². The van der Waals surface area contributed by atoms with Crippen LogP contribution in [0.4, 0.5) is 8.78 Å². The maximum absolute atomic E-state index is 12.0. The summed E-state index contributed by atoms with van der Waals surface area (Å²) >= 11 is 0. The lowest BCUT2D eigenvalue weighted by atomic mass is 10.1. The third-order valence-electron chi connectivity index (χ3n) is 2.30. The van der Waals surface area contributed by atoms with Crippen molar-refractivity contribution in [1.82, 2.24) is 5.32 Å². The molecule has 1 rings (SSSR count). The normalized spacial score (nSPS) is 11.8. The molecule has 1 aromatic carbocycles. The minimum atomic E-state index is -3.07. The standard InChI is InChI=1S/C12H11F2NO6/c13-12(14)21-7-3-1-2-6(4-7)10(18)15-8(11(19)20)5-9(16)17/h1-4,8,12H,5H2,(H,15,18)(H,16,17)(H,19,20)/t8-/m0/s1. The lowest BCUT2D eigenvalue weighted by molar-refractivity contribution is -0.145. The van der Waals surface area contributed by atoms with E-state index in [2.05, 4.69) is 4.74 Å². The Morgan fingerprint density at radius 3 is 2.43 bits per heavy atom. The Morgan fingerprint density at radius 1 is 1.24 bits per heavy atom. The first-order valence-electron chi connectivity index (χ1n) is 5.60. The third-order valence-corrected chi connectivity index (χ3v) is 2.30. The third kappa shape index (κ3) is 5.43. The number of rotatable bonds is 7. The highest BCUT2D eigenvalue weighted by Crippen LogP contribution is 2.16. The van der Waals surface area contributed by atoms with Gasteiger partial charge >= 0.3 is 18.6 Å². The van der Waals surface area contributed by atoms with Gasteiger partial charge in [-0.1, -0.05) is 6.07 Å². The second kappa shape index (κ2) is 7.17. The lowest BCUT2D eigenvalue weighted by Crippen LogP contribution is -2.42. The number of carbonyl (C=O) groups excluding carboxylic acids is 1. The van der Waals surface area contributed by atoms with Gasteiger partial charge in [0.2, 0.25) is 0 Å². The van der Waals surface area contributed by atoms with E-state index in [9.17, 15) is 23.2 Å². The molecule has 0 spiro atoms. The molecule has 0 saturated carbocycles. The molecule has 0 fully saturated rings. The Morgan fingerprint density at radius 2 is 1.90 bits per heavy atom. The number of amides is 1. The molecule has 0 saturated heterocycles. The summed E-state index contributed by atoms with van der Waals surface area (Å²) in [6.07, 6.45) is -0.811. The Kier molecular flexibility index (Phi) is 5.58. The molecule has 1 amide bonds. The highest BCUT2D eigenvalue weighted by molar-refractivity contribution is 5.97. The predicted molar refractivity (Wildman–Crippen MR) is 64.2 cm³/mol. The number of ether oxygens (including phenoxy) is 1. The van der Waals surface area contributed by atoms with Gasteiger partial charge in [0.15, 0.2) is 0 Å². The van der Waals surface area contributed by atoms with Crippen LogP contribution in [0.25, 0.3) is 0 Å². The molecule has 0 aromatic heterocycles. The summed E-state index contributed by atoms with van der Waals surface area (Å²) in [5.41, 5.74) is -0.134. The van der Waals surface area contributed by atoms with Crippen LogP contribution in [-0.2, 0) is 9.59 Å². The molecular formula is C12H11F2NO6. The smallest absolute Gasteiger partial charge is 0.387 e. The first-order valence-corrected chi connectivity index (χ1v) is 5.60. The van der Waals surface area contributed by atoms with Crippen LogP contribution in [0.15, 0.2) is 24.3 Å². The second-order valence-electron chi connectivity index (χ2n) is 3.87. The molecule has 0 heterocycles. The average molecular weight is 303 g/mol. The van der Waals surface area contributed by atoms with Crippen LogP contribution >= 0.6 is 0 Å². The van der Waals surface area contributed by atoms with Crippen molar-refractivity contribution in [2.45, 2.75) is 19.1 Å². The van der Waals surface area contributed by atoms with Crippen molar-refractivity contribution < 1.29 is 38.1 Å². The van der Waals surface area contributed by atoms with Gasteiger partial charge in [-0.2, -0.15) is 8.78 Å². The Labute approximate surface area is 117 Å². The Bertz CT molecular complexity index is 548. The topological polar surface area (TPSA) is 113 Å². The van der Waals surface area contributed by atoms with Crippen molar-refractivity contribution in [3.8, 4) is 5.75 Å². The molecule has 0 aliphatic heterocycles. The first-order chi connectivity index (χ1) is 9.79. The van der Waals surface area contributed by atoms with Crippen LogP contribution in [0, 0.1) is 0 Å². The van der Waals surface area contributed by atoms with Crippen LogP contribution in [0.1, 0.15) is 16.8 Å².